The Kier molecular flexibility index (Phi) is 4.66. The van der Waals surface area contributed by atoms with Gasteiger partial charge in [-0.2, -0.15) is 5.10 Å². The Morgan fingerprint density at radius 1 is 1.14 bits per heavy atom. The summed E-state index contributed by atoms with van der Waals surface area (Å²) in [5, 5.41) is 7.14. The maximum atomic E-state index is 13.6. The smallest absolute Gasteiger partial charge is 0.276 e. The van der Waals surface area contributed by atoms with E-state index >= 15 is 0 Å². The number of nitrogens with one attached hydrogen (secondary N) is 1. The molecule has 0 bridgehead atoms. The van der Waals surface area contributed by atoms with Crippen molar-refractivity contribution in [2.45, 2.75) is 20.3 Å². The minimum Gasteiger partial charge on any atom is -0.321 e. The molecule has 0 saturated heterocycles. The maximum Gasteiger partial charge on any atom is 0.276 e. The lowest BCUT2D eigenvalue weighted by Gasteiger charge is -2.15. The number of hydrogen-bond acceptors (Lipinski definition) is 3. The number of aromatic nitrogens is 2. The first-order valence-electron chi connectivity index (χ1n) is 9.36. The highest BCUT2D eigenvalue weighted by Crippen LogP contribution is 2.31. The number of halogens is 1. The van der Waals surface area contributed by atoms with E-state index in [-0.39, 0.29) is 23.3 Å². The van der Waals surface area contributed by atoms with Gasteiger partial charge in [-0.1, -0.05) is 6.07 Å². The topological polar surface area (TPSA) is 67.2 Å². The van der Waals surface area contributed by atoms with Crippen LogP contribution in [-0.2, 0) is 18.3 Å². The van der Waals surface area contributed by atoms with E-state index in [9.17, 15) is 14.0 Å². The van der Waals surface area contributed by atoms with Crippen LogP contribution in [0.5, 0.6) is 0 Å². The lowest BCUT2D eigenvalue weighted by molar-refractivity contribution is -0.116. The molecular formula is C22H21FN4O2. The molecule has 29 heavy (non-hydrogen) atoms. The van der Waals surface area contributed by atoms with E-state index in [1.54, 1.807) is 41.8 Å². The number of amides is 2. The van der Waals surface area contributed by atoms with Gasteiger partial charge in [0, 0.05) is 37.5 Å². The van der Waals surface area contributed by atoms with Crippen LogP contribution < -0.4 is 10.2 Å². The molecule has 148 valence electrons. The standard InChI is InChI=1S/C22H21FN4O2/c1-13-10-16(5-7-18(13)23)20-12-19(25-26(20)3)22(29)24-17-6-4-15-8-9-27(14(2)28)21(15)11-17/h4-7,10-12H,8-9H2,1-3H3,(H,24,29). The van der Waals surface area contributed by atoms with Crippen molar-refractivity contribution in [1.82, 2.24) is 9.78 Å². The van der Waals surface area contributed by atoms with Crippen LogP contribution in [0.2, 0.25) is 0 Å². The molecule has 2 heterocycles. The van der Waals surface area contributed by atoms with Crippen LogP contribution >= 0.6 is 0 Å². The minimum absolute atomic E-state index is 0.0174. The lowest BCUT2D eigenvalue weighted by atomic mass is 10.1. The summed E-state index contributed by atoms with van der Waals surface area (Å²) in [6.45, 7) is 3.89. The van der Waals surface area contributed by atoms with Crippen molar-refractivity contribution in [3.63, 3.8) is 0 Å². The Balaban J connectivity index is 1.58. The van der Waals surface area contributed by atoms with Gasteiger partial charge in [-0.15, -0.1) is 0 Å². The molecule has 1 aliphatic rings. The molecular weight excluding hydrogens is 371 g/mol. The molecule has 0 aliphatic carbocycles. The Bertz CT molecular complexity index is 1140. The summed E-state index contributed by atoms with van der Waals surface area (Å²) in [6.07, 6.45) is 0.809. The summed E-state index contributed by atoms with van der Waals surface area (Å²) in [7, 11) is 1.74. The molecule has 0 spiro atoms. The van der Waals surface area contributed by atoms with Crippen LogP contribution in [0.4, 0.5) is 15.8 Å². The minimum atomic E-state index is -0.349. The highest BCUT2D eigenvalue weighted by Gasteiger charge is 2.23. The largest absolute Gasteiger partial charge is 0.321 e. The van der Waals surface area contributed by atoms with Crippen molar-refractivity contribution >= 4 is 23.2 Å². The molecule has 0 radical (unpaired) electrons. The molecule has 1 aromatic heterocycles. The normalized spacial score (nSPS) is 12.8. The van der Waals surface area contributed by atoms with Gasteiger partial charge in [0.25, 0.3) is 5.91 Å². The monoisotopic (exact) mass is 392 g/mol. The summed E-state index contributed by atoms with van der Waals surface area (Å²) in [5.41, 5.74) is 4.81. The average molecular weight is 392 g/mol. The highest BCUT2D eigenvalue weighted by molar-refractivity contribution is 6.04. The first-order valence-corrected chi connectivity index (χ1v) is 9.36. The molecule has 2 aromatic carbocycles. The Morgan fingerprint density at radius 2 is 1.93 bits per heavy atom. The van der Waals surface area contributed by atoms with Crippen LogP contribution in [0.1, 0.15) is 28.5 Å². The van der Waals surface area contributed by atoms with Crippen LogP contribution in [0, 0.1) is 12.7 Å². The molecule has 4 rings (SSSR count). The average Bonchev–Trinajstić information content (AvgIpc) is 3.27. The summed E-state index contributed by atoms with van der Waals surface area (Å²) in [4.78, 5) is 26.2. The third kappa shape index (κ3) is 3.51. The quantitative estimate of drug-likeness (QED) is 0.739. The zero-order valence-corrected chi connectivity index (χ0v) is 16.5. The molecule has 1 N–H and O–H groups in total. The van der Waals surface area contributed by atoms with Gasteiger partial charge in [-0.25, -0.2) is 4.39 Å². The van der Waals surface area contributed by atoms with Crippen molar-refractivity contribution in [3.8, 4) is 11.3 Å². The number of benzene rings is 2. The molecule has 3 aromatic rings. The SMILES string of the molecule is CC(=O)N1CCc2ccc(NC(=O)c3cc(-c4ccc(F)c(C)c4)n(C)n3)cc21. The van der Waals surface area contributed by atoms with Crippen molar-refractivity contribution < 1.29 is 14.0 Å². The van der Waals surface area contributed by atoms with Gasteiger partial charge in [0.05, 0.1) is 5.69 Å². The van der Waals surface area contributed by atoms with E-state index in [2.05, 4.69) is 10.4 Å². The van der Waals surface area contributed by atoms with Crippen molar-refractivity contribution in [3.05, 3.63) is 65.1 Å². The number of aryl methyl sites for hydroxylation is 2. The van der Waals surface area contributed by atoms with E-state index < -0.39 is 0 Å². The van der Waals surface area contributed by atoms with Gasteiger partial charge in [0.1, 0.15) is 5.82 Å². The zero-order valence-electron chi connectivity index (χ0n) is 16.5. The van der Waals surface area contributed by atoms with Gasteiger partial charge in [-0.3, -0.25) is 14.3 Å². The van der Waals surface area contributed by atoms with Crippen LogP contribution in [-0.4, -0.2) is 28.1 Å². The van der Waals surface area contributed by atoms with E-state index in [1.807, 2.05) is 18.2 Å². The summed E-state index contributed by atoms with van der Waals surface area (Å²) in [5.74, 6) is -0.640. The number of carbonyl (C=O) groups excluding carboxylic acids is 2. The predicted octanol–water partition coefficient (Wildman–Crippen LogP) is 3.70. The van der Waals surface area contributed by atoms with Crippen LogP contribution in [0.3, 0.4) is 0 Å². The summed E-state index contributed by atoms with van der Waals surface area (Å²) in [6, 6.07) is 12.0. The number of nitrogens with zero attached hydrogens (tertiary/aromatic N) is 3. The van der Waals surface area contributed by atoms with E-state index in [0.717, 1.165) is 28.9 Å². The fourth-order valence-electron chi connectivity index (χ4n) is 3.63. The second-order valence-corrected chi connectivity index (χ2v) is 7.22. The lowest BCUT2D eigenvalue weighted by Crippen LogP contribution is -2.25. The Labute approximate surface area is 167 Å². The van der Waals surface area contributed by atoms with Gasteiger partial charge >= 0.3 is 0 Å². The van der Waals surface area contributed by atoms with Gasteiger partial charge in [0.15, 0.2) is 5.69 Å². The highest BCUT2D eigenvalue weighted by atomic mass is 19.1. The van der Waals surface area contributed by atoms with Gasteiger partial charge in [0.2, 0.25) is 5.91 Å². The van der Waals surface area contributed by atoms with E-state index in [0.29, 0.717) is 17.8 Å². The summed E-state index contributed by atoms with van der Waals surface area (Å²) >= 11 is 0. The number of hydrogen-bond donors (Lipinski definition) is 1. The molecule has 2 amide bonds. The second-order valence-electron chi connectivity index (χ2n) is 7.22. The third-order valence-corrected chi connectivity index (χ3v) is 5.18. The summed E-state index contributed by atoms with van der Waals surface area (Å²) < 4.78 is 15.2. The Hall–Kier alpha value is -3.48. The maximum absolute atomic E-state index is 13.6. The molecule has 0 atom stereocenters. The molecule has 0 saturated carbocycles. The fraction of sp³-hybridized carbons (Fsp3) is 0.227. The number of carbonyl (C=O) groups is 2. The first kappa shape index (κ1) is 18.9. The van der Waals surface area contributed by atoms with E-state index in [1.165, 1.54) is 13.0 Å². The van der Waals surface area contributed by atoms with Gasteiger partial charge < -0.3 is 10.2 Å². The molecule has 0 unspecified atom stereocenters. The molecule has 0 fully saturated rings. The number of rotatable bonds is 3. The molecule has 7 heteroatoms. The Morgan fingerprint density at radius 3 is 2.66 bits per heavy atom. The zero-order chi connectivity index (χ0) is 20.7. The number of fused-ring (bicyclic) bond motifs is 1. The first-order chi connectivity index (χ1) is 13.8. The van der Waals surface area contributed by atoms with Crippen molar-refractivity contribution in [1.29, 1.82) is 0 Å². The second kappa shape index (κ2) is 7.16. The van der Waals surface area contributed by atoms with Crippen molar-refractivity contribution in [2.24, 2.45) is 7.05 Å². The van der Waals surface area contributed by atoms with Crippen molar-refractivity contribution in [2.75, 3.05) is 16.8 Å². The number of anilines is 2. The van der Waals surface area contributed by atoms with Gasteiger partial charge in [-0.05, 0) is 60.9 Å². The van der Waals surface area contributed by atoms with E-state index in [4.69, 9.17) is 0 Å². The fourth-order valence-corrected chi connectivity index (χ4v) is 3.63. The third-order valence-electron chi connectivity index (χ3n) is 5.18. The molecule has 6 nitrogen and oxygen atoms in total. The predicted molar refractivity (Wildman–Crippen MR) is 109 cm³/mol. The van der Waals surface area contributed by atoms with Crippen LogP contribution in [0.25, 0.3) is 11.3 Å². The molecule has 1 aliphatic heterocycles. The van der Waals surface area contributed by atoms with Crippen LogP contribution in [0.15, 0.2) is 42.5 Å².